The molecule has 0 aromatic heterocycles. The molecule has 1 heterocycles. The summed E-state index contributed by atoms with van der Waals surface area (Å²) in [5.74, 6) is -1.03. The summed E-state index contributed by atoms with van der Waals surface area (Å²) in [6.07, 6.45) is 2.82. The Hall–Kier alpha value is -0.710. The van der Waals surface area contributed by atoms with Crippen LogP contribution in [0.5, 0.6) is 0 Å². The molecule has 4 nitrogen and oxygen atoms in total. The monoisotopic (exact) mass is 245 g/mol. The summed E-state index contributed by atoms with van der Waals surface area (Å²) in [5.41, 5.74) is -1.14. The van der Waals surface area contributed by atoms with E-state index >= 15 is 0 Å². The van der Waals surface area contributed by atoms with Gasteiger partial charge in [-0.15, -0.1) is 0 Å². The Morgan fingerprint density at radius 3 is 2.69 bits per heavy atom. The van der Waals surface area contributed by atoms with Crippen LogP contribution in [0.3, 0.4) is 0 Å². The zero-order chi connectivity index (χ0) is 12.3. The van der Waals surface area contributed by atoms with Gasteiger partial charge in [-0.2, -0.15) is 12.6 Å². The van der Waals surface area contributed by atoms with E-state index < -0.39 is 11.5 Å². The van der Waals surface area contributed by atoms with Crippen LogP contribution in [-0.2, 0) is 9.59 Å². The lowest BCUT2D eigenvalue weighted by atomic mass is 9.98. The molecule has 1 rings (SSSR count). The summed E-state index contributed by atoms with van der Waals surface area (Å²) in [6, 6.07) is 0. The maximum Gasteiger partial charge on any atom is 0.330 e. The van der Waals surface area contributed by atoms with Crippen molar-refractivity contribution in [2.75, 3.05) is 6.54 Å². The molecule has 5 heteroatoms. The van der Waals surface area contributed by atoms with Crippen LogP contribution in [0.15, 0.2) is 0 Å². The van der Waals surface area contributed by atoms with E-state index in [-0.39, 0.29) is 11.2 Å². The number of likely N-dealkylation sites (tertiary alicyclic amines) is 1. The summed E-state index contributed by atoms with van der Waals surface area (Å²) < 4.78 is 0. The standard InChI is InChI=1S/C11H19NO3S/c1-3-4-5-9(13)12-7-6-8(16)11(12,2)10(14)15/h8,16H,3-7H2,1-2H3,(H,14,15)/t8?,11-/m0/s1. The summed E-state index contributed by atoms with van der Waals surface area (Å²) >= 11 is 4.28. The van der Waals surface area contributed by atoms with E-state index in [2.05, 4.69) is 12.6 Å². The molecule has 1 unspecified atom stereocenters. The first-order valence-electron chi connectivity index (χ1n) is 5.66. The Morgan fingerprint density at radius 2 is 2.19 bits per heavy atom. The number of amides is 1. The van der Waals surface area contributed by atoms with Crippen molar-refractivity contribution in [2.45, 2.75) is 50.3 Å². The molecule has 0 aromatic carbocycles. The summed E-state index contributed by atoms with van der Waals surface area (Å²) in [4.78, 5) is 24.7. The Kier molecular flexibility index (Phi) is 4.24. The van der Waals surface area contributed by atoms with Crippen LogP contribution < -0.4 is 0 Å². The van der Waals surface area contributed by atoms with Crippen LogP contribution in [0.25, 0.3) is 0 Å². The van der Waals surface area contributed by atoms with Crippen molar-refractivity contribution < 1.29 is 14.7 Å². The molecule has 0 aliphatic carbocycles. The Balaban J connectivity index is 2.80. The molecule has 1 fully saturated rings. The van der Waals surface area contributed by atoms with E-state index in [0.717, 1.165) is 12.8 Å². The molecular weight excluding hydrogens is 226 g/mol. The van der Waals surface area contributed by atoms with Crippen LogP contribution in [0, 0.1) is 0 Å². The van der Waals surface area contributed by atoms with Crippen molar-refractivity contribution in [3.8, 4) is 0 Å². The van der Waals surface area contributed by atoms with Gasteiger partial charge >= 0.3 is 5.97 Å². The fraction of sp³-hybridized carbons (Fsp3) is 0.818. The second-order valence-corrected chi connectivity index (χ2v) is 5.03. The molecule has 0 aromatic rings. The third-order valence-corrected chi connectivity index (χ3v) is 4.07. The number of carbonyl (C=O) groups excluding carboxylic acids is 1. The van der Waals surface area contributed by atoms with Gasteiger partial charge in [-0.3, -0.25) is 4.79 Å². The molecule has 0 radical (unpaired) electrons. The number of carboxylic acids is 1. The molecule has 0 saturated carbocycles. The minimum Gasteiger partial charge on any atom is -0.479 e. The zero-order valence-corrected chi connectivity index (χ0v) is 10.7. The summed E-state index contributed by atoms with van der Waals surface area (Å²) in [7, 11) is 0. The maximum atomic E-state index is 11.9. The molecule has 2 atom stereocenters. The normalized spacial score (nSPS) is 29.4. The lowest BCUT2D eigenvalue weighted by Crippen LogP contribution is -2.54. The van der Waals surface area contributed by atoms with Crippen LogP contribution in [0.2, 0.25) is 0 Å². The lowest BCUT2D eigenvalue weighted by Gasteiger charge is -2.33. The van der Waals surface area contributed by atoms with Crippen molar-refractivity contribution in [3.05, 3.63) is 0 Å². The second kappa shape index (κ2) is 5.08. The molecule has 16 heavy (non-hydrogen) atoms. The van der Waals surface area contributed by atoms with E-state index in [1.807, 2.05) is 6.92 Å². The van der Waals surface area contributed by atoms with Gasteiger partial charge in [0.1, 0.15) is 5.54 Å². The van der Waals surface area contributed by atoms with E-state index in [9.17, 15) is 14.7 Å². The Bertz CT molecular complexity index is 295. The molecule has 92 valence electrons. The molecule has 0 spiro atoms. The molecule has 1 amide bonds. The fourth-order valence-electron chi connectivity index (χ4n) is 2.05. The third-order valence-electron chi connectivity index (χ3n) is 3.31. The number of hydrogen-bond acceptors (Lipinski definition) is 3. The number of aliphatic carboxylic acids is 1. The second-order valence-electron chi connectivity index (χ2n) is 4.41. The molecule has 0 bridgehead atoms. The van der Waals surface area contributed by atoms with Gasteiger partial charge in [-0.25, -0.2) is 4.79 Å². The van der Waals surface area contributed by atoms with Crippen molar-refractivity contribution in [1.82, 2.24) is 4.90 Å². The highest BCUT2D eigenvalue weighted by molar-refractivity contribution is 7.81. The maximum absolute atomic E-state index is 11.9. The highest BCUT2D eigenvalue weighted by atomic mass is 32.1. The van der Waals surface area contributed by atoms with Crippen molar-refractivity contribution >= 4 is 24.5 Å². The van der Waals surface area contributed by atoms with Gasteiger partial charge in [0, 0.05) is 18.2 Å². The Labute approximate surface area is 101 Å². The number of nitrogens with zero attached hydrogens (tertiary/aromatic N) is 1. The van der Waals surface area contributed by atoms with Crippen LogP contribution in [-0.4, -0.2) is 39.2 Å². The van der Waals surface area contributed by atoms with Gasteiger partial charge in [-0.1, -0.05) is 13.3 Å². The fourth-order valence-corrected chi connectivity index (χ4v) is 2.41. The first-order valence-corrected chi connectivity index (χ1v) is 6.18. The van der Waals surface area contributed by atoms with E-state index in [1.54, 1.807) is 6.92 Å². The highest BCUT2D eigenvalue weighted by Crippen LogP contribution is 2.34. The minimum atomic E-state index is -1.14. The molecule has 1 N–H and O–H groups in total. The van der Waals surface area contributed by atoms with Crippen molar-refractivity contribution in [2.24, 2.45) is 0 Å². The first-order chi connectivity index (χ1) is 7.44. The topological polar surface area (TPSA) is 57.6 Å². The van der Waals surface area contributed by atoms with E-state index in [0.29, 0.717) is 19.4 Å². The SMILES string of the molecule is CCCCC(=O)N1CCC(S)[C@@]1(C)C(=O)O. The molecule has 1 aliphatic heterocycles. The van der Waals surface area contributed by atoms with Gasteiger partial charge in [-0.05, 0) is 19.8 Å². The Morgan fingerprint density at radius 1 is 1.56 bits per heavy atom. The number of hydrogen-bond donors (Lipinski definition) is 2. The van der Waals surface area contributed by atoms with Gasteiger partial charge in [0.25, 0.3) is 0 Å². The average molecular weight is 245 g/mol. The number of thiol groups is 1. The van der Waals surface area contributed by atoms with E-state index in [4.69, 9.17) is 0 Å². The lowest BCUT2D eigenvalue weighted by molar-refractivity contribution is -0.155. The van der Waals surface area contributed by atoms with E-state index in [1.165, 1.54) is 4.90 Å². The molecule has 1 saturated heterocycles. The summed E-state index contributed by atoms with van der Waals surface area (Å²) in [5, 5.41) is 8.96. The van der Waals surface area contributed by atoms with Crippen LogP contribution in [0.4, 0.5) is 0 Å². The number of rotatable bonds is 4. The van der Waals surface area contributed by atoms with Crippen LogP contribution in [0.1, 0.15) is 39.5 Å². The zero-order valence-electron chi connectivity index (χ0n) is 9.77. The smallest absolute Gasteiger partial charge is 0.330 e. The van der Waals surface area contributed by atoms with Crippen molar-refractivity contribution in [1.29, 1.82) is 0 Å². The molecular formula is C11H19NO3S. The summed E-state index contributed by atoms with van der Waals surface area (Å²) in [6.45, 7) is 4.10. The highest BCUT2D eigenvalue weighted by Gasteiger charge is 2.51. The molecule has 1 aliphatic rings. The van der Waals surface area contributed by atoms with Crippen LogP contribution >= 0.6 is 12.6 Å². The van der Waals surface area contributed by atoms with Gasteiger partial charge in [0.05, 0.1) is 0 Å². The number of carbonyl (C=O) groups is 2. The minimum absolute atomic E-state index is 0.0664. The predicted molar refractivity (Wildman–Crippen MR) is 64.7 cm³/mol. The van der Waals surface area contributed by atoms with Gasteiger partial charge in [0.15, 0.2) is 0 Å². The first kappa shape index (κ1) is 13.4. The number of carboxylic acid groups (broad SMARTS) is 1. The largest absolute Gasteiger partial charge is 0.479 e. The van der Waals surface area contributed by atoms with Gasteiger partial charge in [0.2, 0.25) is 5.91 Å². The van der Waals surface area contributed by atoms with Crippen molar-refractivity contribution in [3.63, 3.8) is 0 Å². The average Bonchev–Trinajstić information content (AvgIpc) is 2.54. The number of unbranched alkanes of at least 4 members (excludes halogenated alkanes) is 1. The quantitative estimate of drug-likeness (QED) is 0.739. The van der Waals surface area contributed by atoms with Gasteiger partial charge < -0.3 is 10.0 Å². The third kappa shape index (κ3) is 2.19. The predicted octanol–water partition coefficient (Wildman–Crippen LogP) is 1.55.